The van der Waals surface area contributed by atoms with Crippen molar-refractivity contribution in [1.82, 2.24) is 4.98 Å². The molecule has 2 aromatic rings. The minimum atomic E-state index is -0.354. The largest absolute Gasteiger partial charge is 0.497 e. The highest BCUT2D eigenvalue weighted by molar-refractivity contribution is 5.89. The molecule has 0 N–H and O–H groups in total. The van der Waals surface area contributed by atoms with Gasteiger partial charge in [0.1, 0.15) is 12.4 Å². The molecule has 1 aromatic carbocycles. The van der Waals surface area contributed by atoms with E-state index in [0.717, 1.165) is 11.3 Å². The van der Waals surface area contributed by atoms with Gasteiger partial charge in [-0.3, -0.25) is 4.98 Å². The van der Waals surface area contributed by atoms with Crippen molar-refractivity contribution in [2.45, 2.75) is 6.61 Å². The van der Waals surface area contributed by atoms with Gasteiger partial charge in [-0.25, -0.2) is 4.79 Å². The molecule has 0 aliphatic rings. The van der Waals surface area contributed by atoms with Crippen LogP contribution in [0.1, 0.15) is 15.9 Å². The molecule has 0 aliphatic heterocycles. The third-order valence-electron chi connectivity index (χ3n) is 2.45. The fraction of sp³-hybridized carbons (Fsp3) is 0.143. The lowest BCUT2D eigenvalue weighted by atomic mass is 10.2. The van der Waals surface area contributed by atoms with Gasteiger partial charge < -0.3 is 9.47 Å². The summed E-state index contributed by atoms with van der Waals surface area (Å²) in [5.74, 6) is 0.424. The van der Waals surface area contributed by atoms with E-state index in [4.69, 9.17) is 9.47 Å². The molecule has 2 rings (SSSR count). The summed E-state index contributed by atoms with van der Waals surface area (Å²) < 4.78 is 10.2. The van der Waals surface area contributed by atoms with E-state index in [1.165, 1.54) is 0 Å². The molecule has 4 nitrogen and oxygen atoms in total. The fourth-order valence-electron chi connectivity index (χ4n) is 1.44. The van der Waals surface area contributed by atoms with Crippen LogP contribution in [0.25, 0.3) is 0 Å². The molecule has 92 valence electrons. The maximum atomic E-state index is 11.7. The number of rotatable bonds is 4. The van der Waals surface area contributed by atoms with Gasteiger partial charge in [-0.2, -0.15) is 0 Å². The van der Waals surface area contributed by atoms with Gasteiger partial charge in [0.25, 0.3) is 0 Å². The van der Waals surface area contributed by atoms with Crippen molar-refractivity contribution in [3.63, 3.8) is 0 Å². The first-order chi connectivity index (χ1) is 8.79. The molecule has 0 fully saturated rings. The summed E-state index contributed by atoms with van der Waals surface area (Å²) in [6, 6.07) is 10.6. The summed E-state index contributed by atoms with van der Waals surface area (Å²) in [7, 11) is 1.61. The summed E-state index contributed by atoms with van der Waals surface area (Å²) in [6.07, 6.45) is 3.12. The molecule has 0 aliphatic carbocycles. The zero-order valence-electron chi connectivity index (χ0n) is 10.00. The molecule has 0 saturated carbocycles. The highest BCUT2D eigenvalue weighted by atomic mass is 16.5. The monoisotopic (exact) mass is 243 g/mol. The maximum Gasteiger partial charge on any atom is 0.338 e. The first-order valence-electron chi connectivity index (χ1n) is 5.49. The Labute approximate surface area is 105 Å². The molecule has 0 radical (unpaired) electrons. The number of hydrogen-bond donors (Lipinski definition) is 0. The van der Waals surface area contributed by atoms with Crippen LogP contribution in [0.4, 0.5) is 0 Å². The zero-order valence-corrected chi connectivity index (χ0v) is 10.00. The van der Waals surface area contributed by atoms with Gasteiger partial charge in [-0.05, 0) is 29.8 Å². The number of methoxy groups -OCH3 is 1. The molecule has 1 heterocycles. The van der Waals surface area contributed by atoms with E-state index in [2.05, 4.69) is 4.98 Å². The molecular weight excluding hydrogens is 230 g/mol. The zero-order chi connectivity index (χ0) is 12.8. The van der Waals surface area contributed by atoms with E-state index >= 15 is 0 Å². The second-order valence-corrected chi connectivity index (χ2v) is 3.66. The second-order valence-electron chi connectivity index (χ2n) is 3.66. The van der Waals surface area contributed by atoms with Crippen LogP contribution >= 0.6 is 0 Å². The molecule has 0 saturated heterocycles. The minimum Gasteiger partial charge on any atom is -0.497 e. The summed E-state index contributed by atoms with van der Waals surface area (Å²) in [5, 5.41) is 0. The van der Waals surface area contributed by atoms with Crippen LogP contribution in [0, 0.1) is 0 Å². The standard InChI is InChI=1S/C14H13NO3/c1-17-13-4-2-11(3-5-13)10-18-14(16)12-6-8-15-9-7-12/h2-9H,10H2,1H3. The van der Waals surface area contributed by atoms with E-state index in [0.29, 0.717) is 5.56 Å². The van der Waals surface area contributed by atoms with Crippen LogP contribution in [0.3, 0.4) is 0 Å². The molecule has 0 atom stereocenters. The lowest BCUT2D eigenvalue weighted by Gasteiger charge is -2.05. The van der Waals surface area contributed by atoms with Crippen molar-refractivity contribution in [2.75, 3.05) is 7.11 Å². The van der Waals surface area contributed by atoms with Crippen LogP contribution in [0.5, 0.6) is 5.75 Å². The molecule has 0 spiro atoms. The Morgan fingerprint density at radius 2 is 1.78 bits per heavy atom. The smallest absolute Gasteiger partial charge is 0.338 e. The second kappa shape index (κ2) is 5.82. The van der Waals surface area contributed by atoms with Gasteiger partial charge in [0.15, 0.2) is 0 Å². The lowest BCUT2D eigenvalue weighted by molar-refractivity contribution is 0.0472. The number of hydrogen-bond acceptors (Lipinski definition) is 4. The summed E-state index contributed by atoms with van der Waals surface area (Å²) in [4.78, 5) is 15.5. The topological polar surface area (TPSA) is 48.4 Å². The highest BCUT2D eigenvalue weighted by Gasteiger charge is 2.06. The molecule has 0 amide bonds. The van der Waals surface area contributed by atoms with E-state index < -0.39 is 0 Å². The molecule has 18 heavy (non-hydrogen) atoms. The number of pyridine rings is 1. The van der Waals surface area contributed by atoms with Crippen molar-refractivity contribution in [3.05, 3.63) is 59.9 Å². The third kappa shape index (κ3) is 3.07. The normalized spacial score (nSPS) is 9.83. The Hall–Kier alpha value is -2.36. The van der Waals surface area contributed by atoms with Crippen molar-refractivity contribution in [2.24, 2.45) is 0 Å². The molecular formula is C14H13NO3. The number of carbonyl (C=O) groups is 1. The van der Waals surface area contributed by atoms with Crippen molar-refractivity contribution in [1.29, 1.82) is 0 Å². The van der Waals surface area contributed by atoms with Gasteiger partial charge in [-0.1, -0.05) is 12.1 Å². The Kier molecular flexibility index (Phi) is 3.91. The maximum absolute atomic E-state index is 11.7. The molecule has 0 unspecified atom stereocenters. The first kappa shape index (κ1) is 12.1. The number of nitrogens with zero attached hydrogens (tertiary/aromatic N) is 1. The first-order valence-corrected chi connectivity index (χ1v) is 5.49. The van der Waals surface area contributed by atoms with Gasteiger partial charge in [0.05, 0.1) is 12.7 Å². The van der Waals surface area contributed by atoms with Crippen LogP contribution in [0.2, 0.25) is 0 Å². The minimum absolute atomic E-state index is 0.241. The van der Waals surface area contributed by atoms with Gasteiger partial charge in [0.2, 0.25) is 0 Å². The van der Waals surface area contributed by atoms with Crippen LogP contribution in [-0.2, 0) is 11.3 Å². The summed E-state index contributed by atoms with van der Waals surface area (Å²) in [6.45, 7) is 0.241. The Balaban J connectivity index is 1.93. The summed E-state index contributed by atoms with van der Waals surface area (Å²) >= 11 is 0. The quantitative estimate of drug-likeness (QED) is 0.774. The van der Waals surface area contributed by atoms with Gasteiger partial charge in [0, 0.05) is 12.4 Å². The Morgan fingerprint density at radius 3 is 2.39 bits per heavy atom. The van der Waals surface area contributed by atoms with Gasteiger partial charge in [-0.15, -0.1) is 0 Å². The summed E-state index contributed by atoms with van der Waals surface area (Å²) in [5.41, 5.74) is 1.41. The molecule has 1 aromatic heterocycles. The van der Waals surface area contributed by atoms with Crippen molar-refractivity contribution < 1.29 is 14.3 Å². The SMILES string of the molecule is COc1ccc(COC(=O)c2ccncc2)cc1. The van der Waals surface area contributed by atoms with E-state index in [-0.39, 0.29) is 12.6 Å². The average molecular weight is 243 g/mol. The van der Waals surface area contributed by atoms with Gasteiger partial charge >= 0.3 is 5.97 Å². The molecule has 4 heteroatoms. The molecule has 0 bridgehead atoms. The number of benzene rings is 1. The number of aromatic nitrogens is 1. The Morgan fingerprint density at radius 1 is 1.11 bits per heavy atom. The average Bonchev–Trinajstić information content (AvgIpc) is 2.46. The Bertz CT molecular complexity index is 508. The van der Waals surface area contributed by atoms with Crippen molar-refractivity contribution in [3.8, 4) is 5.75 Å². The highest BCUT2D eigenvalue weighted by Crippen LogP contribution is 2.12. The third-order valence-corrected chi connectivity index (χ3v) is 2.45. The lowest BCUT2D eigenvalue weighted by Crippen LogP contribution is -2.05. The van der Waals surface area contributed by atoms with E-state index in [1.54, 1.807) is 31.6 Å². The number of carbonyl (C=O) groups excluding carboxylic acids is 1. The number of esters is 1. The van der Waals surface area contributed by atoms with Crippen LogP contribution in [0.15, 0.2) is 48.8 Å². The van der Waals surface area contributed by atoms with Crippen LogP contribution < -0.4 is 4.74 Å². The van der Waals surface area contributed by atoms with E-state index in [1.807, 2.05) is 24.3 Å². The van der Waals surface area contributed by atoms with Crippen molar-refractivity contribution >= 4 is 5.97 Å². The van der Waals surface area contributed by atoms with Crippen LogP contribution in [-0.4, -0.2) is 18.1 Å². The number of ether oxygens (including phenoxy) is 2. The van der Waals surface area contributed by atoms with E-state index in [9.17, 15) is 4.79 Å². The fourth-order valence-corrected chi connectivity index (χ4v) is 1.44. The predicted molar refractivity (Wildman–Crippen MR) is 66.4 cm³/mol. The predicted octanol–water partition coefficient (Wildman–Crippen LogP) is 2.45.